The van der Waals surface area contributed by atoms with Crippen LogP contribution in [0.25, 0.3) is 0 Å². The van der Waals surface area contributed by atoms with Gasteiger partial charge in [-0.2, -0.15) is 0 Å². The predicted octanol–water partition coefficient (Wildman–Crippen LogP) is 5.03. The number of hydrogen-bond donors (Lipinski definition) is 1. The second-order valence-corrected chi connectivity index (χ2v) is 6.92. The molecular weight excluding hydrogens is 402 g/mol. The lowest BCUT2D eigenvalue weighted by molar-refractivity contribution is 0.975. The lowest BCUT2D eigenvalue weighted by Gasteiger charge is -2.10. The standard InChI is InChI=1S/C14H15Br2N3S/c1-3-17-14-13(16)9(2)18-12(19-14)8-20-11-6-4-10(15)5-7-11/h4-7H,3,8H2,1-2H3,(H,17,18,19). The lowest BCUT2D eigenvalue weighted by atomic mass is 10.4. The van der Waals surface area contributed by atoms with Gasteiger partial charge in [0.1, 0.15) is 11.6 Å². The maximum absolute atomic E-state index is 4.56. The lowest BCUT2D eigenvalue weighted by Crippen LogP contribution is -2.05. The highest BCUT2D eigenvalue weighted by Gasteiger charge is 2.09. The molecule has 0 saturated heterocycles. The summed E-state index contributed by atoms with van der Waals surface area (Å²) in [6.07, 6.45) is 0. The monoisotopic (exact) mass is 415 g/mol. The Balaban J connectivity index is 2.11. The molecule has 1 aromatic carbocycles. The van der Waals surface area contributed by atoms with Crippen molar-refractivity contribution in [3.63, 3.8) is 0 Å². The SMILES string of the molecule is CCNc1nc(CSc2ccc(Br)cc2)nc(C)c1Br. The number of hydrogen-bond acceptors (Lipinski definition) is 4. The molecule has 0 aliphatic rings. The zero-order valence-corrected chi connectivity index (χ0v) is 15.3. The van der Waals surface area contributed by atoms with Crippen LogP contribution >= 0.6 is 43.6 Å². The zero-order valence-electron chi connectivity index (χ0n) is 11.3. The van der Waals surface area contributed by atoms with Crippen molar-refractivity contribution in [2.75, 3.05) is 11.9 Å². The van der Waals surface area contributed by atoms with Crippen LogP contribution in [0.4, 0.5) is 5.82 Å². The molecule has 1 aromatic heterocycles. The fourth-order valence-corrected chi connectivity index (χ4v) is 2.98. The summed E-state index contributed by atoms with van der Waals surface area (Å²) in [6.45, 7) is 4.88. The fraction of sp³-hybridized carbons (Fsp3) is 0.286. The van der Waals surface area contributed by atoms with Crippen molar-refractivity contribution in [2.45, 2.75) is 24.5 Å². The van der Waals surface area contributed by atoms with Crippen molar-refractivity contribution in [1.82, 2.24) is 9.97 Å². The Morgan fingerprint density at radius 3 is 2.50 bits per heavy atom. The van der Waals surface area contributed by atoms with Gasteiger partial charge in [-0.1, -0.05) is 15.9 Å². The second kappa shape index (κ2) is 7.43. The van der Waals surface area contributed by atoms with Crippen molar-refractivity contribution in [3.05, 3.63) is 44.7 Å². The minimum absolute atomic E-state index is 0.758. The van der Waals surface area contributed by atoms with E-state index in [2.05, 4.69) is 66.2 Å². The van der Waals surface area contributed by atoms with Gasteiger partial charge in [0.05, 0.1) is 15.9 Å². The molecule has 0 spiro atoms. The normalized spacial score (nSPS) is 10.6. The molecule has 0 atom stereocenters. The van der Waals surface area contributed by atoms with E-state index in [1.807, 2.05) is 19.1 Å². The van der Waals surface area contributed by atoms with E-state index in [9.17, 15) is 0 Å². The molecule has 6 heteroatoms. The highest BCUT2D eigenvalue weighted by atomic mass is 79.9. The summed E-state index contributed by atoms with van der Waals surface area (Å²) >= 11 is 8.69. The van der Waals surface area contributed by atoms with Crippen molar-refractivity contribution >= 4 is 49.4 Å². The highest BCUT2D eigenvalue weighted by molar-refractivity contribution is 9.11. The predicted molar refractivity (Wildman–Crippen MR) is 92.3 cm³/mol. The first-order chi connectivity index (χ1) is 9.60. The van der Waals surface area contributed by atoms with Gasteiger partial charge in [-0.3, -0.25) is 0 Å². The van der Waals surface area contributed by atoms with E-state index in [0.29, 0.717) is 0 Å². The minimum Gasteiger partial charge on any atom is -0.369 e. The first kappa shape index (κ1) is 15.8. The van der Waals surface area contributed by atoms with Gasteiger partial charge in [-0.15, -0.1) is 11.8 Å². The number of nitrogens with one attached hydrogen (secondary N) is 1. The Kier molecular flexibility index (Phi) is 5.86. The van der Waals surface area contributed by atoms with Crippen LogP contribution in [0, 0.1) is 6.92 Å². The Morgan fingerprint density at radius 2 is 1.85 bits per heavy atom. The van der Waals surface area contributed by atoms with Crippen LogP contribution in [-0.4, -0.2) is 16.5 Å². The van der Waals surface area contributed by atoms with Gasteiger partial charge in [-0.25, -0.2) is 9.97 Å². The van der Waals surface area contributed by atoms with Crippen LogP contribution < -0.4 is 5.32 Å². The quantitative estimate of drug-likeness (QED) is 0.693. The van der Waals surface area contributed by atoms with Crippen molar-refractivity contribution < 1.29 is 0 Å². The topological polar surface area (TPSA) is 37.8 Å². The van der Waals surface area contributed by atoms with Gasteiger partial charge >= 0.3 is 0 Å². The van der Waals surface area contributed by atoms with Crippen LogP contribution in [-0.2, 0) is 5.75 Å². The Morgan fingerprint density at radius 1 is 1.15 bits per heavy atom. The van der Waals surface area contributed by atoms with E-state index in [1.165, 1.54) is 4.90 Å². The number of benzene rings is 1. The van der Waals surface area contributed by atoms with Gasteiger partial charge in [0.25, 0.3) is 0 Å². The number of thioether (sulfide) groups is 1. The largest absolute Gasteiger partial charge is 0.369 e. The molecule has 0 aliphatic carbocycles. The first-order valence-electron chi connectivity index (χ1n) is 6.25. The molecule has 1 N–H and O–H groups in total. The van der Waals surface area contributed by atoms with E-state index >= 15 is 0 Å². The summed E-state index contributed by atoms with van der Waals surface area (Å²) in [6, 6.07) is 8.26. The average molecular weight is 417 g/mol. The molecule has 2 rings (SSSR count). The molecule has 20 heavy (non-hydrogen) atoms. The summed E-state index contributed by atoms with van der Waals surface area (Å²) in [7, 11) is 0. The summed E-state index contributed by atoms with van der Waals surface area (Å²) in [4.78, 5) is 10.3. The molecule has 0 unspecified atom stereocenters. The van der Waals surface area contributed by atoms with E-state index in [0.717, 1.165) is 38.6 Å². The van der Waals surface area contributed by atoms with Crippen molar-refractivity contribution in [3.8, 4) is 0 Å². The average Bonchev–Trinajstić information content (AvgIpc) is 2.44. The maximum Gasteiger partial charge on any atom is 0.144 e. The van der Waals surface area contributed by atoms with Gasteiger partial charge in [0.15, 0.2) is 0 Å². The number of aryl methyl sites for hydroxylation is 1. The van der Waals surface area contributed by atoms with Gasteiger partial charge in [0.2, 0.25) is 0 Å². The Hall–Kier alpha value is -0.590. The summed E-state index contributed by atoms with van der Waals surface area (Å²) in [5, 5.41) is 3.25. The number of rotatable bonds is 5. The summed E-state index contributed by atoms with van der Waals surface area (Å²) in [5.74, 6) is 2.47. The number of aromatic nitrogens is 2. The van der Waals surface area contributed by atoms with Crippen molar-refractivity contribution in [1.29, 1.82) is 0 Å². The van der Waals surface area contributed by atoms with Crippen LogP contribution in [0.2, 0.25) is 0 Å². The fourth-order valence-electron chi connectivity index (χ4n) is 1.64. The highest BCUT2D eigenvalue weighted by Crippen LogP contribution is 2.27. The van der Waals surface area contributed by atoms with Crippen LogP contribution in [0.1, 0.15) is 18.4 Å². The number of anilines is 1. The molecule has 0 aliphatic heterocycles. The third-order valence-corrected chi connectivity index (χ3v) is 5.08. The number of halogens is 2. The Labute approximate surface area is 140 Å². The molecule has 106 valence electrons. The molecule has 1 heterocycles. The van der Waals surface area contributed by atoms with E-state index in [-0.39, 0.29) is 0 Å². The third kappa shape index (κ3) is 4.20. The molecule has 0 saturated carbocycles. The van der Waals surface area contributed by atoms with Gasteiger partial charge in [0, 0.05) is 15.9 Å². The summed E-state index contributed by atoms with van der Waals surface area (Å²) < 4.78 is 2.03. The van der Waals surface area contributed by atoms with E-state index in [4.69, 9.17) is 0 Å². The van der Waals surface area contributed by atoms with Crippen LogP contribution in [0.5, 0.6) is 0 Å². The second-order valence-electron chi connectivity index (χ2n) is 4.16. The third-order valence-electron chi connectivity index (χ3n) is 2.59. The first-order valence-corrected chi connectivity index (χ1v) is 8.82. The molecule has 3 nitrogen and oxygen atoms in total. The molecule has 2 aromatic rings. The Bertz CT molecular complexity index is 588. The minimum atomic E-state index is 0.758. The van der Waals surface area contributed by atoms with Crippen LogP contribution in [0.15, 0.2) is 38.1 Å². The van der Waals surface area contributed by atoms with E-state index in [1.54, 1.807) is 11.8 Å². The zero-order chi connectivity index (χ0) is 14.5. The maximum atomic E-state index is 4.56. The molecular formula is C14H15Br2N3S. The number of nitrogens with zero attached hydrogens (tertiary/aromatic N) is 2. The molecule has 0 fully saturated rings. The van der Waals surface area contributed by atoms with Gasteiger partial charge in [-0.05, 0) is 54.0 Å². The molecule has 0 radical (unpaired) electrons. The van der Waals surface area contributed by atoms with Crippen LogP contribution in [0.3, 0.4) is 0 Å². The molecule has 0 bridgehead atoms. The molecule has 0 amide bonds. The summed E-state index contributed by atoms with van der Waals surface area (Å²) in [5.41, 5.74) is 0.961. The smallest absolute Gasteiger partial charge is 0.144 e. The van der Waals surface area contributed by atoms with Crippen molar-refractivity contribution in [2.24, 2.45) is 0 Å². The van der Waals surface area contributed by atoms with Gasteiger partial charge < -0.3 is 5.32 Å². The van der Waals surface area contributed by atoms with E-state index < -0.39 is 0 Å².